The summed E-state index contributed by atoms with van der Waals surface area (Å²) < 4.78 is 13.5. The van der Waals surface area contributed by atoms with Gasteiger partial charge in [-0.2, -0.15) is 5.26 Å². The van der Waals surface area contributed by atoms with Gasteiger partial charge in [-0.25, -0.2) is 4.39 Å². The largest absolute Gasteiger partial charge is 0.207 e. The molecule has 1 rings (SSSR count). The van der Waals surface area contributed by atoms with Crippen LogP contribution in [0.25, 0.3) is 0 Å². The first-order chi connectivity index (χ1) is 6.72. The molecule has 0 aliphatic rings. The van der Waals surface area contributed by atoms with E-state index in [0.717, 1.165) is 18.4 Å². The molecule has 0 bridgehead atoms. The van der Waals surface area contributed by atoms with Crippen LogP contribution in [0.2, 0.25) is 0 Å². The topological polar surface area (TPSA) is 23.8 Å². The van der Waals surface area contributed by atoms with E-state index in [0.29, 0.717) is 5.56 Å². The second kappa shape index (κ2) is 4.76. The van der Waals surface area contributed by atoms with Crippen LogP contribution in [0.4, 0.5) is 4.39 Å². The van der Waals surface area contributed by atoms with Crippen LogP contribution in [0.1, 0.15) is 43.7 Å². The third-order valence-corrected chi connectivity index (χ3v) is 2.55. The minimum atomic E-state index is -0.252. The van der Waals surface area contributed by atoms with Gasteiger partial charge in [0.15, 0.2) is 0 Å². The van der Waals surface area contributed by atoms with Crippen LogP contribution >= 0.6 is 0 Å². The van der Waals surface area contributed by atoms with Gasteiger partial charge in [0.1, 0.15) is 5.82 Å². The van der Waals surface area contributed by atoms with Crippen molar-refractivity contribution in [3.63, 3.8) is 0 Å². The summed E-state index contributed by atoms with van der Waals surface area (Å²) in [6.07, 6.45) is 1.86. The van der Waals surface area contributed by atoms with Crippen LogP contribution in [0, 0.1) is 17.1 Å². The Hall–Kier alpha value is -1.36. The van der Waals surface area contributed by atoms with Crippen molar-refractivity contribution < 1.29 is 4.39 Å². The summed E-state index contributed by atoms with van der Waals surface area (Å²) in [7, 11) is 0. The lowest BCUT2D eigenvalue weighted by Crippen LogP contribution is -1.99. The zero-order valence-electron chi connectivity index (χ0n) is 8.55. The standard InChI is InChI=1S/C12H14FN/c1-3-10(4-2)11-6-5-9(8-14)7-12(11)13/h5-7,10H,3-4H2,1-2H3. The summed E-state index contributed by atoms with van der Waals surface area (Å²) in [6, 6.07) is 6.65. The molecule has 0 aromatic heterocycles. The number of rotatable bonds is 3. The van der Waals surface area contributed by atoms with E-state index in [1.165, 1.54) is 6.07 Å². The molecule has 0 radical (unpaired) electrons. The number of benzene rings is 1. The van der Waals surface area contributed by atoms with E-state index in [9.17, 15) is 4.39 Å². The lowest BCUT2D eigenvalue weighted by atomic mass is 9.93. The molecule has 0 heterocycles. The second-order valence-electron chi connectivity index (χ2n) is 3.36. The molecule has 0 atom stereocenters. The average Bonchev–Trinajstić information content (AvgIpc) is 2.22. The van der Waals surface area contributed by atoms with Crippen molar-refractivity contribution in [1.82, 2.24) is 0 Å². The van der Waals surface area contributed by atoms with Gasteiger partial charge in [0.25, 0.3) is 0 Å². The maximum atomic E-state index is 13.5. The zero-order valence-corrected chi connectivity index (χ0v) is 8.55. The van der Waals surface area contributed by atoms with Gasteiger partial charge in [-0.05, 0) is 36.5 Å². The van der Waals surface area contributed by atoms with E-state index >= 15 is 0 Å². The summed E-state index contributed by atoms with van der Waals surface area (Å²) in [5.41, 5.74) is 1.12. The normalized spacial score (nSPS) is 10.2. The maximum absolute atomic E-state index is 13.5. The summed E-state index contributed by atoms with van der Waals surface area (Å²) in [6.45, 7) is 4.09. The molecule has 14 heavy (non-hydrogen) atoms. The summed E-state index contributed by atoms with van der Waals surface area (Å²) in [4.78, 5) is 0. The van der Waals surface area contributed by atoms with Gasteiger partial charge in [-0.15, -0.1) is 0 Å². The van der Waals surface area contributed by atoms with E-state index in [1.54, 1.807) is 12.1 Å². The third kappa shape index (κ3) is 2.11. The lowest BCUT2D eigenvalue weighted by Gasteiger charge is -2.13. The molecule has 0 spiro atoms. The molecular weight excluding hydrogens is 177 g/mol. The molecule has 1 aromatic rings. The fraction of sp³-hybridized carbons (Fsp3) is 0.417. The van der Waals surface area contributed by atoms with Crippen LogP contribution in [0.5, 0.6) is 0 Å². The Morgan fingerprint density at radius 3 is 2.43 bits per heavy atom. The van der Waals surface area contributed by atoms with Gasteiger partial charge in [0.2, 0.25) is 0 Å². The minimum Gasteiger partial charge on any atom is -0.207 e. The average molecular weight is 191 g/mol. The fourth-order valence-corrected chi connectivity index (χ4v) is 1.66. The first-order valence-electron chi connectivity index (χ1n) is 4.92. The highest BCUT2D eigenvalue weighted by atomic mass is 19.1. The smallest absolute Gasteiger partial charge is 0.127 e. The highest BCUT2D eigenvalue weighted by Crippen LogP contribution is 2.25. The molecule has 1 nitrogen and oxygen atoms in total. The Bertz CT molecular complexity index is 348. The van der Waals surface area contributed by atoms with Crippen LogP contribution in [-0.2, 0) is 0 Å². The Morgan fingerprint density at radius 2 is 2.00 bits per heavy atom. The maximum Gasteiger partial charge on any atom is 0.127 e. The molecule has 0 saturated carbocycles. The van der Waals surface area contributed by atoms with Crippen molar-refractivity contribution in [1.29, 1.82) is 5.26 Å². The van der Waals surface area contributed by atoms with Crippen LogP contribution < -0.4 is 0 Å². The predicted octanol–water partition coefficient (Wildman–Crippen LogP) is 3.60. The van der Waals surface area contributed by atoms with Crippen molar-refractivity contribution in [2.24, 2.45) is 0 Å². The Kier molecular flexibility index (Phi) is 3.64. The second-order valence-corrected chi connectivity index (χ2v) is 3.36. The first-order valence-corrected chi connectivity index (χ1v) is 4.92. The molecule has 0 saturated heterocycles. The van der Waals surface area contributed by atoms with Gasteiger partial charge in [-0.3, -0.25) is 0 Å². The summed E-state index contributed by atoms with van der Waals surface area (Å²) >= 11 is 0. The van der Waals surface area contributed by atoms with Crippen molar-refractivity contribution >= 4 is 0 Å². The van der Waals surface area contributed by atoms with Gasteiger partial charge in [0.05, 0.1) is 11.6 Å². The highest BCUT2D eigenvalue weighted by Gasteiger charge is 2.12. The van der Waals surface area contributed by atoms with Crippen LogP contribution in [0.3, 0.4) is 0 Å². The summed E-state index contributed by atoms with van der Waals surface area (Å²) in [5.74, 6) is 0.0143. The first kappa shape index (κ1) is 10.7. The lowest BCUT2D eigenvalue weighted by molar-refractivity contribution is 0.558. The van der Waals surface area contributed by atoms with Gasteiger partial charge in [0, 0.05) is 0 Å². The van der Waals surface area contributed by atoms with Crippen molar-refractivity contribution in [2.45, 2.75) is 32.6 Å². The summed E-state index contributed by atoms with van der Waals surface area (Å²) in [5, 5.41) is 8.59. The van der Waals surface area contributed by atoms with Gasteiger partial charge >= 0.3 is 0 Å². The number of hydrogen-bond acceptors (Lipinski definition) is 1. The van der Waals surface area contributed by atoms with E-state index in [2.05, 4.69) is 0 Å². The minimum absolute atomic E-state index is 0.252. The van der Waals surface area contributed by atoms with Crippen molar-refractivity contribution in [2.75, 3.05) is 0 Å². The molecule has 0 aliphatic carbocycles. The van der Waals surface area contributed by atoms with Crippen molar-refractivity contribution in [3.8, 4) is 6.07 Å². The molecular formula is C12H14FN. The van der Waals surface area contributed by atoms with Gasteiger partial charge < -0.3 is 0 Å². The van der Waals surface area contributed by atoms with Crippen LogP contribution in [-0.4, -0.2) is 0 Å². The number of halogens is 1. The molecule has 0 fully saturated rings. The quantitative estimate of drug-likeness (QED) is 0.716. The van der Waals surface area contributed by atoms with E-state index in [-0.39, 0.29) is 11.7 Å². The van der Waals surface area contributed by atoms with Crippen molar-refractivity contribution in [3.05, 3.63) is 35.1 Å². The van der Waals surface area contributed by atoms with E-state index < -0.39 is 0 Å². The van der Waals surface area contributed by atoms with E-state index in [1.807, 2.05) is 19.9 Å². The molecule has 0 N–H and O–H groups in total. The fourth-order valence-electron chi connectivity index (χ4n) is 1.66. The Balaban J connectivity index is 3.05. The van der Waals surface area contributed by atoms with Gasteiger partial charge in [-0.1, -0.05) is 19.9 Å². The molecule has 0 unspecified atom stereocenters. The third-order valence-electron chi connectivity index (χ3n) is 2.55. The Labute approximate surface area is 84.2 Å². The number of hydrogen-bond donors (Lipinski definition) is 0. The zero-order chi connectivity index (χ0) is 10.6. The predicted molar refractivity (Wildman–Crippen MR) is 54.4 cm³/mol. The molecule has 0 aliphatic heterocycles. The molecule has 0 amide bonds. The molecule has 74 valence electrons. The number of nitrogens with zero attached hydrogens (tertiary/aromatic N) is 1. The molecule has 1 aromatic carbocycles. The number of nitriles is 1. The monoisotopic (exact) mass is 191 g/mol. The van der Waals surface area contributed by atoms with E-state index in [4.69, 9.17) is 5.26 Å². The SMILES string of the molecule is CCC(CC)c1ccc(C#N)cc1F. The van der Waals surface area contributed by atoms with Crippen LogP contribution in [0.15, 0.2) is 18.2 Å². The molecule has 2 heteroatoms. The Morgan fingerprint density at radius 1 is 1.36 bits per heavy atom. The highest BCUT2D eigenvalue weighted by molar-refractivity contribution is 5.34.